The number of thioether (sulfide) groups is 1. The Morgan fingerprint density at radius 1 is 0.860 bits per heavy atom. The standard InChI is InChI=1S/C34H49F5O3S/c1-31-15-13-24-23-12-11-22(40)20-26(23)30(42)25(29(24)27(31)21-28(41)32(31)16-17-32)10-7-5-3-2-4-6-8-18-43-19-9-14-33(35,36)34(37,38)39/h11-12,20,24-25,27-30,40-42H,2-10,13-19,21H2,1H3/t24?,25?,27?,28-,29?,30+,31+/m1/s1. The number of aliphatic hydroxyl groups is 2. The van der Waals surface area contributed by atoms with Crippen molar-refractivity contribution in [2.75, 3.05) is 11.5 Å². The Labute approximate surface area is 257 Å². The van der Waals surface area contributed by atoms with Crippen LogP contribution in [0.15, 0.2) is 18.2 Å². The summed E-state index contributed by atoms with van der Waals surface area (Å²) in [4.78, 5) is 0. The van der Waals surface area contributed by atoms with E-state index in [0.717, 1.165) is 94.8 Å². The van der Waals surface area contributed by atoms with Crippen molar-refractivity contribution in [3.05, 3.63) is 29.3 Å². The molecule has 0 amide bonds. The van der Waals surface area contributed by atoms with E-state index in [-0.39, 0.29) is 35.0 Å². The van der Waals surface area contributed by atoms with Crippen molar-refractivity contribution < 1.29 is 37.3 Å². The first-order chi connectivity index (χ1) is 20.3. The smallest absolute Gasteiger partial charge is 0.453 e. The number of alkyl halides is 5. The summed E-state index contributed by atoms with van der Waals surface area (Å²) < 4.78 is 62.6. The van der Waals surface area contributed by atoms with Crippen molar-refractivity contribution in [2.24, 2.45) is 28.6 Å². The van der Waals surface area contributed by atoms with Crippen molar-refractivity contribution in [1.82, 2.24) is 0 Å². The maximum atomic E-state index is 13.0. The van der Waals surface area contributed by atoms with Gasteiger partial charge < -0.3 is 15.3 Å². The molecule has 0 heterocycles. The molecule has 3 nitrogen and oxygen atoms in total. The van der Waals surface area contributed by atoms with E-state index in [1.165, 1.54) is 17.3 Å². The third-order valence-electron chi connectivity index (χ3n) is 12.0. The van der Waals surface area contributed by atoms with Crippen LogP contribution in [0.1, 0.15) is 126 Å². The average molecular weight is 633 g/mol. The van der Waals surface area contributed by atoms with Crippen LogP contribution in [0.5, 0.6) is 5.75 Å². The molecule has 9 heteroatoms. The molecule has 4 aliphatic carbocycles. The van der Waals surface area contributed by atoms with Gasteiger partial charge in [0.2, 0.25) is 0 Å². The molecule has 0 bridgehead atoms. The van der Waals surface area contributed by atoms with Gasteiger partial charge in [0, 0.05) is 11.8 Å². The summed E-state index contributed by atoms with van der Waals surface area (Å²) in [6, 6.07) is 5.54. The number of hydrogen-bond donors (Lipinski definition) is 3. The summed E-state index contributed by atoms with van der Waals surface area (Å²) in [5, 5.41) is 33.1. The molecule has 4 unspecified atom stereocenters. The van der Waals surface area contributed by atoms with Gasteiger partial charge in [-0.25, -0.2) is 0 Å². The van der Waals surface area contributed by atoms with Crippen LogP contribution in [-0.2, 0) is 0 Å². The lowest BCUT2D eigenvalue weighted by molar-refractivity contribution is -0.284. The van der Waals surface area contributed by atoms with Crippen LogP contribution in [-0.4, -0.2) is 45.0 Å². The molecule has 244 valence electrons. The van der Waals surface area contributed by atoms with E-state index in [9.17, 15) is 37.3 Å². The summed E-state index contributed by atoms with van der Waals surface area (Å²) in [5.41, 5.74) is 2.29. The second-order valence-electron chi connectivity index (χ2n) is 14.3. The minimum absolute atomic E-state index is 0.0771. The fourth-order valence-corrected chi connectivity index (χ4v) is 10.4. The van der Waals surface area contributed by atoms with Crippen LogP contribution in [0.2, 0.25) is 0 Å². The quantitative estimate of drug-likeness (QED) is 0.141. The minimum atomic E-state index is -5.46. The number of fused-ring (bicyclic) bond motifs is 6. The molecule has 43 heavy (non-hydrogen) atoms. The van der Waals surface area contributed by atoms with E-state index >= 15 is 0 Å². The molecule has 7 atom stereocenters. The van der Waals surface area contributed by atoms with Crippen molar-refractivity contribution >= 4 is 11.8 Å². The molecule has 5 rings (SSSR count). The van der Waals surface area contributed by atoms with E-state index in [2.05, 4.69) is 6.92 Å². The lowest BCUT2D eigenvalue weighted by atomic mass is 9.50. The Morgan fingerprint density at radius 3 is 2.19 bits per heavy atom. The van der Waals surface area contributed by atoms with Crippen molar-refractivity contribution in [2.45, 2.75) is 133 Å². The fourth-order valence-electron chi connectivity index (χ4n) is 9.47. The van der Waals surface area contributed by atoms with Crippen LogP contribution in [0.3, 0.4) is 0 Å². The van der Waals surface area contributed by atoms with Gasteiger partial charge in [0.25, 0.3) is 0 Å². The molecule has 0 saturated heterocycles. The number of aromatic hydroxyl groups is 1. The number of aliphatic hydroxyl groups excluding tert-OH is 2. The number of unbranched alkanes of at least 4 members (excludes halogenated alkanes) is 6. The van der Waals surface area contributed by atoms with E-state index in [4.69, 9.17) is 0 Å². The Hall–Kier alpha value is -1.06. The average Bonchev–Trinajstić information content (AvgIpc) is 3.73. The zero-order valence-corrected chi connectivity index (χ0v) is 26.2. The highest BCUT2D eigenvalue weighted by Gasteiger charge is 2.71. The van der Waals surface area contributed by atoms with Gasteiger partial charge in [-0.05, 0) is 115 Å². The van der Waals surface area contributed by atoms with Gasteiger partial charge in [-0.15, -0.1) is 0 Å². The lowest BCUT2D eigenvalue weighted by Gasteiger charge is -2.55. The number of phenolic OH excluding ortho intramolecular Hbond substituents is 1. The monoisotopic (exact) mass is 632 g/mol. The molecule has 0 aromatic heterocycles. The maximum absolute atomic E-state index is 13.0. The highest BCUT2D eigenvalue weighted by atomic mass is 32.2. The first-order valence-corrected chi connectivity index (χ1v) is 17.7. The van der Waals surface area contributed by atoms with Crippen molar-refractivity contribution in [1.29, 1.82) is 0 Å². The maximum Gasteiger partial charge on any atom is 0.453 e. The largest absolute Gasteiger partial charge is 0.508 e. The summed E-state index contributed by atoms with van der Waals surface area (Å²) in [5.74, 6) is -2.04. The van der Waals surface area contributed by atoms with Crippen molar-refractivity contribution in [3.8, 4) is 5.75 Å². The van der Waals surface area contributed by atoms with E-state index in [1.54, 1.807) is 12.1 Å². The highest BCUT2D eigenvalue weighted by molar-refractivity contribution is 7.99. The zero-order valence-electron chi connectivity index (χ0n) is 25.4. The molecule has 3 fully saturated rings. The molecule has 1 aromatic carbocycles. The van der Waals surface area contributed by atoms with Crippen LogP contribution in [0, 0.1) is 28.6 Å². The van der Waals surface area contributed by atoms with Crippen LogP contribution in [0.4, 0.5) is 22.0 Å². The Bertz CT molecular complexity index is 1090. The van der Waals surface area contributed by atoms with Gasteiger partial charge in [0.1, 0.15) is 5.75 Å². The Kier molecular flexibility index (Phi) is 10.1. The summed E-state index contributed by atoms with van der Waals surface area (Å²) in [7, 11) is 0. The number of hydrogen-bond acceptors (Lipinski definition) is 4. The molecule has 3 saturated carbocycles. The second-order valence-corrected chi connectivity index (χ2v) is 15.5. The van der Waals surface area contributed by atoms with Crippen LogP contribution >= 0.6 is 11.8 Å². The van der Waals surface area contributed by atoms with Gasteiger partial charge in [-0.1, -0.05) is 51.5 Å². The van der Waals surface area contributed by atoms with E-state index < -0.39 is 24.6 Å². The molecule has 1 aromatic rings. The number of rotatable bonds is 14. The van der Waals surface area contributed by atoms with Gasteiger partial charge in [0.15, 0.2) is 0 Å². The van der Waals surface area contributed by atoms with Gasteiger partial charge in [0.05, 0.1) is 12.2 Å². The molecule has 0 radical (unpaired) electrons. The predicted molar refractivity (Wildman–Crippen MR) is 160 cm³/mol. The molecular weight excluding hydrogens is 583 g/mol. The number of phenols is 1. The van der Waals surface area contributed by atoms with Gasteiger partial charge in [-0.2, -0.15) is 33.7 Å². The molecule has 3 N–H and O–H groups in total. The first-order valence-electron chi connectivity index (χ1n) is 16.5. The van der Waals surface area contributed by atoms with Crippen LogP contribution in [0.25, 0.3) is 0 Å². The third kappa shape index (κ3) is 6.47. The lowest BCUT2D eigenvalue weighted by Crippen LogP contribution is -2.47. The Balaban J connectivity index is 1.05. The molecule has 0 aliphatic heterocycles. The number of halogens is 5. The highest BCUT2D eigenvalue weighted by Crippen LogP contribution is 2.76. The van der Waals surface area contributed by atoms with Crippen molar-refractivity contribution in [3.63, 3.8) is 0 Å². The normalized spacial score (nSPS) is 32.8. The summed E-state index contributed by atoms with van der Waals surface area (Å²) >= 11 is 1.45. The molecule has 1 spiro atoms. The first kappa shape index (κ1) is 33.3. The topological polar surface area (TPSA) is 60.7 Å². The summed E-state index contributed by atoms with van der Waals surface area (Å²) in [6.07, 6.45) is 6.03. The van der Waals surface area contributed by atoms with E-state index in [1.807, 2.05) is 6.07 Å². The fraction of sp³-hybridized carbons (Fsp3) is 0.824. The Morgan fingerprint density at radius 2 is 1.51 bits per heavy atom. The summed E-state index contributed by atoms with van der Waals surface area (Å²) in [6.45, 7) is 2.41. The predicted octanol–water partition coefficient (Wildman–Crippen LogP) is 9.55. The molecular formula is C34H49F5O3S. The molecule has 4 aliphatic rings. The van der Waals surface area contributed by atoms with Gasteiger partial charge in [-0.3, -0.25) is 0 Å². The zero-order chi connectivity index (χ0) is 31.0. The third-order valence-corrected chi connectivity index (χ3v) is 13.1. The van der Waals surface area contributed by atoms with E-state index in [0.29, 0.717) is 23.5 Å². The second kappa shape index (κ2) is 13.0. The minimum Gasteiger partial charge on any atom is -0.508 e. The SMILES string of the molecule is C[C@]12CCC3c4ccc(O)cc4[C@@H](O)C(CCCCCCCCCSCCCC(F)(F)C(F)(F)F)C3C1C[C@@H](O)C21CC1. The van der Waals surface area contributed by atoms with Gasteiger partial charge >= 0.3 is 12.1 Å². The number of benzene rings is 1. The van der Waals surface area contributed by atoms with Crippen LogP contribution < -0.4 is 0 Å².